The molecule has 0 saturated carbocycles. The summed E-state index contributed by atoms with van der Waals surface area (Å²) in [5.41, 5.74) is 2.10. The molecule has 30 heavy (non-hydrogen) atoms. The minimum Gasteiger partial charge on any atom is -0.382 e. The first-order valence-electron chi connectivity index (χ1n) is 9.78. The van der Waals surface area contributed by atoms with Crippen LogP contribution in [0.2, 0.25) is 0 Å². The average Bonchev–Trinajstić information content (AvgIpc) is 3.42. The fraction of sp³-hybridized carbons (Fsp3) is 0.350. The maximum absolute atomic E-state index is 13.5. The summed E-state index contributed by atoms with van der Waals surface area (Å²) in [7, 11) is 0. The van der Waals surface area contributed by atoms with Crippen LogP contribution in [0.3, 0.4) is 0 Å². The van der Waals surface area contributed by atoms with Crippen molar-refractivity contribution in [2.24, 2.45) is 5.16 Å². The number of piperazine rings is 1. The maximum Gasteiger partial charge on any atom is 0.267 e. The Morgan fingerprint density at radius 2 is 2.03 bits per heavy atom. The van der Waals surface area contributed by atoms with Crippen LogP contribution in [0.4, 0.5) is 10.2 Å². The number of carbonyl (C=O) groups is 1. The molecule has 1 amide bonds. The zero-order valence-corrected chi connectivity index (χ0v) is 16.4. The summed E-state index contributed by atoms with van der Waals surface area (Å²) in [4.78, 5) is 30.8. The molecule has 3 aromatic rings. The number of hydrogen-bond donors (Lipinski definition) is 0. The first-order valence-corrected chi connectivity index (χ1v) is 9.78. The van der Waals surface area contributed by atoms with Gasteiger partial charge in [0, 0.05) is 49.9 Å². The van der Waals surface area contributed by atoms with Crippen molar-refractivity contribution in [2.45, 2.75) is 19.4 Å². The van der Waals surface area contributed by atoms with Crippen LogP contribution >= 0.6 is 0 Å². The van der Waals surface area contributed by atoms with E-state index in [9.17, 15) is 9.18 Å². The molecule has 10 heteroatoms. The molecule has 4 heterocycles. The molecule has 0 radical (unpaired) electrons. The first-order chi connectivity index (χ1) is 14.6. The van der Waals surface area contributed by atoms with Crippen LogP contribution < -0.4 is 4.90 Å². The van der Waals surface area contributed by atoms with E-state index >= 15 is 0 Å². The SMILES string of the molecule is Cc1cc(N2CCN(C(=O)C3CC(c4cccc(F)c4)=NO3)CC2)n2ncnc2n1. The minimum absolute atomic E-state index is 0.0957. The second-order valence-electron chi connectivity index (χ2n) is 7.39. The van der Waals surface area contributed by atoms with Crippen molar-refractivity contribution in [3.63, 3.8) is 0 Å². The van der Waals surface area contributed by atoms with Gasteiger partial charge in [-0.25, -0.2) is 9.37 Å². The molecule has 154 valence electrons. The van der Waals surface area contributed by atoms with Gasteiger partial charge in [-0.3, -0.25) is 4.79 Å². The summed E-state index contributed by atoms with van der Waals surface area (Å²) in [6.45, 7) is 4.37. The highest BCUT2D eigenvalue weighted by Gasteiger charge is 2.34. The quantitative estimate of drug-likeness (QED) is 0.650. The number of aryl methyl sites for hydroxylation is 1. The van der Waals surface area contributed by atoms with Crippen molar-refractivity contribution in [1.82, 2.24) is 24.5 Å². The van der Waals surface area contributed by atoms with Crippen molar-refractivity contribution in [3.8, 4) is 0 Å². The Labute approximate surface area is 171 Å². The minimum atomic E-state index is -0.667. The van der Waals surface area contributed by atoms with Crippen LogP contribution in [-0.2, 0) is 9.63 Å². The van der Waals surface area contributed by atoms with E-state index in [2.05, 4.69) is 25.1 Å². The molecule has 5 rings (SSSR count). The van der Waals surface area contributed by atoms with Crippen molar-refractivity contribution >= 4 is 23.2 Å². The zero-order valence-electron chi connectivity index (χ0n) is 16.4. The Kier molecular flexibility index (Phi) is 4.53. The van der Waals surface area contributed by atoms with Gasteiger partial charge in [-0.1, -0.05) is 17.3 Å². The van der Waals surface area contributed by atoms with Crippen molar-refractivity contribution in [3.05, 3.63) is 53.7 Å². The van der Waals surface area contributed by atoms with Crippen LogP contribution in [0, 0.1) is 12.7 Å². The third-order valence-electron chi connectivity index (χ3n) is 5.38. The van der Waals surface area contributed by atoms with Gasteiger partial charge in [0.05, 0.1) is 5.71 Å². The van der Waals surface area contributed by atoms with Crippen molar-refractivity contribution in [2.75, 3.05) is 31.1 Å². The topological polar surface area (TPSA) is 88.2 Å². The molecule has 0 N–H and O–H groups in total. The van der Waals surface area contributed by atoms with E-state index in [1.165, 1.54) is 18.5 Å². The Morgan fingerprint density at radius 1 is 1.20 bits per heavy atom. The Balaban J connectivity index is 1.23. The number of fused-ring (bicyclic) bond motifs is 1. The molecule has 2 aliphatic rings. The molecule has 1 saturated heterocycles. The van der Waals surface area contributed by atoms with Crippen LogP contribution in [0.25, 0.3) is 5.78 Å². The molecule has 9 nitrogen and oxygen atoms in total. The van der Waals surface area contributed by atoms with E-state index in [4.69, 9.17) is 4.84 Å². The third kappa shape index (κ3) is 3.34. The van der Waals surface area contributed by atoms with Crippen LogP contribution in [-0.4, -0.2) is 68.4 Å². The van der Waals surface area contributed by atoms with E-state index < -0.39 is 6.10 Å². The first kappa shape index (κ1) is 18.5. The highest BCUT2D eigenvalue weighted by Crippen LogP contribution is 2.22. The molecular weight excluding hydrogens is 389 g/mol. The van der Waals surface area contributed by atoms with Gasteiger partial charge >= 0.3 is 0 Å². The molecule has 2 aromatic heterocycles. The largest absolute Gasteiger partial charge is 0.382 e. The number of rotatable bonds is 3. The predicted octanol–water partition coefficient (Wildman–Crippen LogP) is 1.41. The molecule has 1 atom stereocenters. The molecule has 0 bridgehead atoms. The number of anilines is 1. The fourth-order valence-electron chi connectivity index (χ4n) is 3.84. The second kappa shape index (κ2) is 7.36. The van der Waals surface area contributed by atoms with E-state index in [1.807, 2.05) is 13.0 Å². The Morgan fingerprint density at radius 3 is 2.83 bits per heavy atom. The highest BCUT2D eigenvalue weighted by atomic mass is 19.1. The van der Waals surface area contributed by atoms with Crippen LogP contribution in [0.1, 0.15) is 17.7 Å². The normalized spacial score (nSPS) is 19.1. The van der Waals surface area contributed by atoms with E-state index in [0.717, 1.165) is 11.5 Å². The Hall–Kier alpha value is -3.56. The standard InChI is InChI=1S/C20H20FN7O2/c1-13-9-18(28-20(24-13)22-12-23-28)26-5-7-27(8-6-26)19(29)17-11-16(25-30-17)14-3-2-4-15(21)10-14/h2-4,9-10,12,17H,5-8,11H2,1H3. The van der Waals surface area contributed by atoms with Gasteiger partial charge in [0.15, 0.2) is 0 Å². The summed E-state index contributed by atoms with van der Waals surface area (Å²) in [6, 6.07) is 8.13. The average molecular weight is 409 g/mol. The van der Waals surface area contributed by atoms with Gasteiger partial charge in [0.2, 0.25) is 6.10 Å². The fourth-order valence-corrected chi connectivity index (χ4v) is 3.84. The number of halogens is 1. The molecule has 1 unspecified atom stereocenters. The molecular formula is C20H20FN7O2. The third-order valence-corrected chi connectivity index (χ3v) is 5.38. The summed E-state index contributed by atoms with van der Waals surface area (Å²) in [5, 5.41) is 8.27. The number of nitrogens with zero attached hydrogens (tertiary/aromatic N) is 7. The van der Waals surface area contributed by atoms with Gasteiger partial charge < -0.3 is 14.6 Å². The zero-order chi connectivity index (χ0) is 20.7. The number of carbonyl (C=O) groups excluding carboxylic acids is 1. The van der Waals surface area contributed by atoms with E-state index in [-0.39, 0.29) is 11.7 Å². The van der Waals surface area contributed by atoms with Crippen LogP contribution in [0.15, 0.2) is 41.8 Å². The lowest BCUT2D eigenvalue weighted by Crippen LogP contribution is -2.52. The molecule has 2 aliphatic heterocycles. The van der Waals surface area contributed by atoms with Gasteiger partial charge in [-0.2, -0.15) is 14.6 Å². The number of aromatic nitrogens is 4. The number of hydrogen-bond acceptors (Lipinski definition) is 7. The molecule has 1 fully saturated rings. The highest BCUT2D eigenvalue weighted by molar-refractivity contribution is 6.04. The monoisotopic (exact) mass is 409 g/mol. The van der Waals surface area contributed by atoms with Gasteiger partial charge in [-0.15, -0.1) is 0 Å². The maximum atomic E-state index is 13.5. The molecule has 0 spiro atoms. The van der Waals surface area contributed by atoms with Gasteiger partial charge in [0.25, 0.3) is 11.7 Å². The lowest BCUT2D eigenvalue weighted by molar-refractivity contribution is -0.142. The number of amides is 1. The lowest BCUT2D eigenvalue weighted by Gasteiger charge is -2.36. The second-order valence-corrected chi connectivity index (χ2v) is 7.39. The summed E-state index contributed by atoms with van der Waals surface area (Å²) >= 11 is 0. The smallest absolute Gasteiger partial charge is 0.267 e. The lowest BCUT2D eigenvalue weighted by atomic mass is 10.0. The summed E-state index contributed by atoms with van der Waals surface area (Å²) < 4.78 is 15.2. The van der Waals surface area contributed by atoms with Gasteiger partial charge in [0.1, 0.15) is 18.0 Å². The van der Waals surface area contributed by atoms with Crippen molar-refractivity contribution < 1.29 is 14.0 Å². The van der Waals surface area contributed by atoms with Gasteiger partial charge in [-0.05, 0) is 19.1 Å². The molecule has 0 aliphatic carbocycles. The van der Waals surface area contributed by atoms with Crippen molar-refractivity contribution in [1.29, 1.82) is 0 Å². The van der Waals surface area contributed by atoms with E-state index in [0.29, 0.717) is 49.7 Å². The number of oxime groups is 1. The Bertz CT molecular complexity index is 1140. The summed E-state index contributed by atoms with van der Waals surface area (Å²) in [6.07, 6.45) is 1.16. The molecule has 1 aromatic carbocycles. The van der Waals surface area contributed by atoms with Crippen LogP contribution in [0.5, 0.6) is 0 Å². The van der Waals surface area contributed by atoms with E-state index in [1.54, 1.807) is 21.5 Å². The summed E-state index contributed by atoms with van der Waals surface area (Å²) in [5.74, 6) is 1.04. The predicted molar refractivity (Wildman–Crippen MR) is 107 cm³/mol. The number of benzene rings is 1.